The van der Waals surface area contributed by atoms with E-state index >= 15 is 0 Å². The molecule has 0 aliphatic carbocycles. The smallest absolute Gasteiger partial charge is 0.270 e. The second-order valence-electron chi connectivity index (χ2n) is 6.52. The first kappa shape index (κ1) is 21.5. The van der Waals surface area contributed by atoms with Gasteiger partial charge in [0.05, 0.1) is 15.6 Å². The summed E-state index contributed by atoms with van der Waals surface area (Å²) in [5, 5.41) is 0.272. The van der Waals surface area contributed by atoms with Crippen LogP contribution >= 0.6 is 35.6 Å². The molecule has 3 aromatic rings. The number of carbonyl (C=O) groups excluding carboxylic acids is 1. The average Bonchev–Trinajstić information content (AvgIpc) is 3.01. The average molecular weight is 474 g/mol. The van der Waals surface area contributed by atoms with Crippen LogP contribution in [0.4, 0.5) is 14.5 Å². The van der Waals surface area contributed by atoms with Gasteiger partial charge < -0.3 is 4.74 Å². The molecule has 0 radical (unpaired) electrons. The summed E-state index contributed by atoms with van der Waals surface area (Å²) in [6.07, 6.45) is 1.65. The van der Waals surface area contributed by atoms with Gasteiger partial charge in [-0.25, -0.2) is 8.78 Å². The van der Waals surface area contributed by atoms with Gasteiger partial charge in [-0.15, -0.1) is 0 Å². The number of anilines is 1. The summed E-state index contributed by atoms with van der Waals surface area (Å²) in [7, 11) is 0. The molecule has 4 rings (SSSR count). The van der Waals surface area contributed by atoms with Gasteiger partial charge in [0.2, 0.25) is 0 Å². The third kappa shape index (κ3) is 4.63. The SMILES string of the molecule is O=C1/C(=C\c2ccccc2OCc2c(F)cccc2Cl)SC(=S)N1c1cccc(F)c1. The van der Waals surface area contributed by atoms with Gasteiger partial charge in [0.15, 0.2) is 4.32 Å². The number of thiocarbonyl (C=S) groups is 1. The van der Waals surface area contributed by atoms with Crippen molar-refractivity contribution in [1.29, 1.82) is 0 Å². The van der Waals surface area contributed by atoms with Crippen LogP contribution in [0.25, 0.3) is 6.08 Å². The van der Waals surface area contributed by atoms with Gasteiger partial charge in [0.1, 0.15) is 24.0 Å². The number of carbonyl (C=O) groups is 1. The fraction of sp³-hybridized carbons (Fsp3) is 0.0435. The van der Waals surface area contributed by atoms with Crippen molar-refractivity contribution >= 4 is 57.6 Å². The fourth-order valence-corrected chi connectivity index (χ4v) is 4.51. The molecule has 3 aromatic carbocycles. The number of rotatable bonds is 5. The highest BCUT2D eigenvalue weighted by molar-refractivity contribution is 8.27. The summed E-state index contributed by atoms with van der Waals surface area (Å²) in [6.45, 7) is -0.0688. The van der Waals surface area contributed by atoms with Crippen LogP contribution in [0.15, 0.2) is 71.6 Å². The van der Waals surface area contributed by atoms with Gasteiger partial charge in [0.25, 0.3) is 5.91 Å². The zero-order valence-corrected chi connectivity index (χ0v) is 18.2. The molecule has 156 valence electrons. The maximum absolute atomic E-state index is 14.0. The first-order valence-electron chi connectivity index (χ1n) is 9.12. The molecule has 31 heavy (non-hydrogen) atoms. The molecule has 1 saturated heterocycles. The van der Waals surface area contributed by atoms with E-state index in [4.69, 9.17) is 28.6 Å². The summed E-state index contributed by atoms with van der Waals surface area (Å²) in [5.74, 6) is -0.813. The number of amides is 1. The number of hydrogen-bond acceptors (Lipinski definition) is 4. The van der Waals surface area contributed by atoms with E-state index in [1.807, 2.05) is 0 Å². The normalized spacial score (nSPS) is 15.1. The Labute approximate surface area is 192 Å². The molecule has 8 heteroatoms. The predicted octanol–water partition coefficient (Wildman–Crippen LogP) is 6.60. The van der Waals surface area contributed by atoms with Crippen LogP contribution in [-0.2, 0) is 11.4 Å². The summed E-state index contributed by atoms with van der Waals surface area (Å²) in [6, 6.07) is 17.2. The Balaban J connectivity index is 1.60. The lowest BCUT2D eigenvalue weighted by Crippen LogP contribution is -2.27. The molecule has 0 atom stereocenters. The number of benzene rings is 3. The monoisotopic (exact) mass is 473 g/mol. The highest BCUT2D eigenvalue weighted by Gasteiger charge is 2.33. The van der Waals surface area contributed by atoms with E-state index in [9.17, 15) is 13.6 Å². The van der Waals surface area contributed by atoms with Crippen molar-refractivity contribution in [3.8, 4) is 5.75 Å². The topological polar surface area (TPSA) is 29.5 Å². The molecule has 0 saturated carbocycles. The molecule has 3 nitrogen and oxygen atoms in total. The number of para-hydroxylation sites is 1. The maximum Gasteiger partial charge on any atom is 0.270 e. The molecule has 1 heterocycles. The minimum Gasteiger partial charge on any atom is -0.488 e. The second kappa shape index (κ2) is 9.18. The van der Waals surface area contributed by atoms with Crippen molar-refractivity contribution in [2.24, 2.45) is 0 Å². The zero-order chi connectivity index (χ0) is 22.0. The summed E-state index contributed by atoms with van der Waals surface area (Å²) in [4.78, 5) is 14.6. The summed E-state index contributed by atoms with van der Waals surface area (Å²) >= 11 is 12.5. The van der Waals surface area contributed by atoms with Gasteiger partial charge in [-0.2, -0.15) is 0 Å². The lowest BCUT2D eigenvalue weighted by atomic mass is 10.1. The molecule has 1 aliphatic heterocycles. The van der Waals surface area contributed by atoms with Crippen LogP contribution in [-0.4, -0.2) is 10.2 Å². The Morgan fingerprint density at radius 3 is 2.61 bits per heavy atom. The number of halogens is 3. The van der Waals surface area contributed by atoms with Crippen molar-refractivity contribution in [1.82, 2.24) is 0 Å². The lowest BCUT2D eigenvalue weighted by molar-refractivity contribution is -0.113. The molecule has 1 amide bonds. The van der Waals surface area contributed by atoms with Crippen molar-refractivity contribution < 1.29 is 18.3 Å². The highest BCUT2D eigenvalue weighted by Crippen LogP contribution is 2.37. The van der Waals surface area contributed by atoms with Gasteiger partial charge in [-0.3, -0.25) is 9.69 Å². The first-order chi connectivity index (χ1) is 14.9. The second-order valence-corrected chi connectivity index (χ2v) is 8.61. The van der Waals surface area contributed by atoms with E-state index in [1.54, 1.807) is 42.5 Å². The largest absolute Gasteiger partial charge is 0.488 e. The van der Waals surface area contributed by atoms with E-state index in [0.29, 0.717) is 26.2 Å². The molecule has 1 fully saturated rings. The van der Waals surface area contributed by atoms with Crippen molar-refractivity contribution in [2.45, 2.75) is 6.61 Å². The Morgan fingerprint density at radius 1 is 1.06 bits per heavy atom. The zero-order valence-electron chi connectivity index (χ0n) is 15.8. The van der Waals surface area contributed by atoms with Crippen LogP contribution < -0.4 is 9.64 Å². The van der Waals surface area contributed by atoms with Gasteiger partial charge in [-0.1, -0.05) is 65.9 Å². The molecule has 0 aromatic heterocycles. The molecule has 0 N–H and O–H groups in total. The third-order valence-corrected chi connectivity index (χ3v) is 6.16. The standard InChI is InChI=1S/C23H14ClF2NO2S2/c24-18-8-4-9-19(26)17(18)13-29-20-10-2-1-5-14(20)11-21-22(28)27(23(30)31-21)16-7-3-6-15(25)12-16/h1-12H,13H2/b21-11+. The van der Waals surface area contributed by atoms with E-state index in [1.165, 1.54) is 35.2 Å². The van der Waals surface area contributed by atoms with E-state index in [-0.39, 0.29) is 23.1 Å². The molecular weight excluding hydrogens is 460 g/mol. The maximum atomic E-state index is 14.0. The molecule has 0 bridgehead atoms. The predicted molar refractivity (Wildman–Crippen MR) is 124 cm³/mol. The van der Waals surface area contributed by atoms with E-state index in [2.05, 4.69) is 0 Å². The van der Waals surface area contributed by atoms with Crippen LogP contribution in [0.2, 0.25) is 5.02 Å². The Bertz CT molecular complexity index is 1200. The first-order valence-corrected chi connectivity index (χ1v) is 10.7. The summed E-state index contributed by atoms with van der Waals surface area (Å²) < 4.78 is 33.7. The van der Waals surface area contributed by atoms with Crippen LogP contribution in [0.5, 0.6) is 5.75 Å². The molecule has 0 unspecified atom stereocenters. The molecular formula is C23H14ClF2NO2S2. The Morgan fingerprint density at radius 2 is 1.84 bits per heavy atom. The minimum absolute atomic E-state index is 0.0688. The third-order valence-electron chi connectivity index (χ3n) is 4.50. The van der Waals surface area contributed by atoms with E-state index < -0.39 is 11.6 Å². The van der Waals surface area contributed by atoms with Gasteiger partial charge in [-0.05, 0) is 42.5 Å². The van der Waals surface area contributed by atoms with Crippen LogP contribution in [0.1, 0.15) is 11.1 Å². The quantitative estimate of drug-likeness (QED) is 0.308. The minimum atomic E-state index is -0.457. The lowest BCUT2D eigenvalue weighted by Gasteiger charge is -2.14. The summed E-state index contributed by atoms with van der Waals surface area (Å²) in [5.41, 5.74) is 1.23. The van der Waals surface area contributed by atoms with Gasteiger partial charge >= 0.3 is 0 Å². The number of ether oxygens (including phenoxy) is 1. The molecule has 1 aliphatic rings. The number of nitrogens with zero attached hydrogens (tertiary/aromatic N) is 1. The fourth-order valence-electron chi connectivity index (χ4n) is 3.00. The van der Waals surface area contributed by atoms with Crippen molar-refractivity contribution in [3.63, 3.8) is 0 Å². The number of hydrogen-bond donors (Lipinski definition) is 0. The van der Waals surface area contributed by atoms with Crippen LogP contribution in [0.3, 0.4) is 0 Å². The van der Waals surface area contributed by atoms with Crippen molar-refractivity contribution in [3.05, 3.63) is 99.4 Å². The molecule has 0 spiro atoms. The Hall–Kier alpha value is -2.74. The van der Waals surface area contributed by atoms with Crippen molar-refractivity contribution in [2.75, 3.05) is 4.90 Å². The van der Waals surface area contributed by atoms with E-state index in [0.717, 1.165) is 11.8 Å². The van der Waals surface area contributed by atoms with Crippen LogP contribution in [0, 0.1) is 11.6 Å². The number of thioether (sulfide) groups is 1. The Kier molecular flexibility index (Phi) is 6.36. The highest BCUT2D eigenvalue weighted by atomic mass is 35.5. The van der Waals surface area contributed by atoms with Gasteiger partial charge in [0, 0.05) is 11.1 Å².